The maximum atomic E-state index is 10.6. The molecule has 0 aromatic carbocycles. The molecule has 0 aromatic heterocycles. The summed E-state index contributed by atoms with van der Waals surface area (Å²) < 4.78 is 5.14. The summed E-state index contributed by atoms with van der Waals surface area (Å²) in [6, 6.07) is 1.92. The number of amides is 1. The zero-order chi connectivity index (χ0) is 7.56. The van der Waals surface area contributed by atoms with Crippen LogP contribution in [-0.2, 0) is 4.74 Å². The first-order valence-electron chi connectivity index (χ1n) is 2.42. The number of carbonyl (C=O) groups excluding carboxylic acids is 1. The van der Waals surface area contributed by atoms with Gasteiger partial charge in [0.2, 0.25) is 0 Å². The van der Waals surface area contributed by atoms with Crippen LogP contribution in [0.5, 0.6) is 0 Å². The Balaban J connectivity index is 2.83. The molecule has 0 atom stereocenters. The number of hydrogen-bond acceptors (Lipinski definition) is 3. The Bertz CT molecular complexity index is 241. The van der Waals surface area contributed by atoms with Crippen molar-refractivity contribution in [1.82, 2.24) is 5.32 Å². The molecule has 1 aliphatic heterocycles. The number of ether oxygens (including phenoxy) is 1. The van der Waals surface area contributed by atoms with Gasteiger partial charge in [0.05, 0.1) is 0 Å². The van der Waals surface area contributed by atoms with Crippen LogP contribution in [0.25, 0.3) is 0 Å². The fourth-order valence-electron chi connectivity index (χ4n) is 0.509. The Kier molecular flexibility index (Phi) is 2.11. The average Bonchev–Trinajstić information content (AvgIpc) is 2.30. The zero-order valence-corrected chi connectivity index (χ0v) is 7.30. The molecule has 0 fully saturated rings. The van der Waals surface area contributed by atoms with E-state index >= 15 is 0 Å². The molecular weight excluding hydrogens is 247 g/mol. The number of allylic oxidation sites excluding steroid dienone is 1. The summed E-state index contributed by atoms with van der Waals surface area (Å²) in [7, 11) is 1.43. The summed E-state index contributed by atoms with van der Waals surface area (Å²) in [5.74, 6) is 0.334. The summed E-state index contributed by atoms with van der Waals surface area (Å²) in [5, 5.41) is 10.9. The maximum absolute atomic E-state index is 10.6. The van der Waals surface area contributed by atoms with Crippen molar-refractivity contribution in [3.8, 4) is 6.07 Å². The Morgan fingerprint density at radius 1 is 1.80 bits per heavy atom. The van der Waals surface area contributed by atoms with Gasteiger partial charge in [-0.05, 0) is 0 Å². The Hall–Kier alpha value is -0.770. The molecule has 1 amide bonds. The number of nitrogens with zero attached hydrogens (tertiary/aromatic N) is 1. The van der Waals surface area contributed by atoms with E-state index in [4.69, 9.17) is 10.00 Å². The second kappa shape index (κ2) is 2.88. The molecule has 0 aromatic rings. The van der Waals surface area contributed by atoms with Crippen molar-refractivity contribution >= 4 is 3.91 Å². The van der Waals surface area contributed by atoms with Gasteiger partial charge < -0.3 is 0 Å². The van der Waals surface area contributed by atoms with E-state index < -0.39 is 21.2 Å². The zero-order valence-electron chi connectivity index (χ0n) is 5.14. The minimum atomic E-state index is -0.790. The van der Waals surface area contributed by atoms with Crippen molar-refractivity contribution in [2.45, 2.75) is 0 Å². The molecule has 0 radical (unpaired) electrons. The topological polar surface area (TPSA) is 62.1 Å². The third-order valence-electron chi connectivity index (χ3n) is 0.894. The van der Waals surface area contributed by atoms with E-state index in [2.05, 4.69) is 5.32 Å². The first kappa shape index (κ1) is 7.34. The second-order valence-electron chi connectivity index (χ2n) is 1.45. The molecule has 4 nitrogen and oxygen atoms in total. The number of halogens is 1. The molecule has 1 N–H and O–H groups in total. The molecule has 0 bridgehead atoms. The Morgan fingerprint density at radius 3 is 2.90 bits per heavy atom. The SMILES string of the molecule is COC1=C(C#N)[I-]C(=O)N1. The van der Waals surface area contributed by atoms with E-state index in [0.29, 0.717) is 9.46 Å². The van der Waals surface area contributed by atoms with Gasteiger partial charge in [0.1, 0.15) is 0 Å². The summed E-state index contributed by atoms with van der Waals surface area (Å²) in [6.07, 6.45) is 0. The van der Waals surface area contributed by atoms with Gasteiger partial charge >= 0.3 is 67.9 Å². The molecule has 1 aliphatic rings. The van der Waals surface area contributed by atoms with Crippen LogP contribution in [0, 0.1) is 11.3 Å². The number of methoxy groups -OCH3 is 1. The van der Waals surface area contributed by atoms with Crippen LogP contribution < -0.4 is 26.5 Å². The summed E-state index contributed by atoms with van der Waals surface area (Å²) in [6.45, 7) is 0. The standard InChI is InChI=1S/C5H4IN2O2/c1-10-4-3(2-7)6-5(9)8-4/h1H3,(H,8,9)/q-1. The van der Waals surface area contributed by atoms with Crippen LogP contribution in [0.15, 0.2) is 9.46 Å². The summed E-state index contributed by atoms with van der Waals surface area (Å²) in [5.41, 5.74) is 0. The molecule has 1 heterocycles. The van der Waals surface area contributed by atoms with Crippen LogP contribution in [0.4, 0.5) is 4.79 Å². The van der Waals surface area contributed by atoms with Crippen molar-refractivity contribution in [2.75, 3.05) is 7.11 Å². The van der Waals surface area contributed by atoms with Gasteiger partial charge in [-0.15, -0.1) is 0 Å². The molecule has 5 heteroatoms. The van der Waals surface area contributed by atoms with E-state index in [9.17, 15) is 4.79 Å². The molecule has 0 saturated heterocycles. The number of rotatable bonds is 1. The van der Waals surface area contributed by atoms with Gasteiger partial charge in [0, 0.05) is 0 Å². The molecule has 10 heavy (non-hydrogen) atoms. The number of nitriles is 1. The first-order chi connectivity index (χ1) is 4.77. The second-order valence-corrected chi connectivity index (χ2v) is 4.05. The van der Waals surface area contributed by atoms with Gasteiger partial charge in [0.15, 0.2) is 0 Å². The molecular formula is C5H4IN2O2-. The van der Waals surface area contributed by atoms with Crippen LogP contribution in [0.3, 0.4) is 0 Å². The van der Waals surface area contributed by atoms with Crippen molar-refractivity contribution < 1.29 is 30.7 Å². The molecule has 0 unspecified atom stereocenters. The first-order valence-corrected chi connectivity index (χ1v) is 4.58. The summed E-state index contributed by atoms with van der Waals surface area (Å²) in [4.78, 5) is 10.6. The monoisotopic (exact) mass is 251 g/mol. The van der Waals surface area contributed by atoms with Crippen LogP contribution >= 0.6 is 0 Å². The fourth-order valence-corrected chi connectivity index (χ4v) is 2.10. The summed E-state index contributed by atoms with van der Waals surface area (Å²) >= 11 is -0.790. The van der Waals surface area contributed by atoms with Crippen molar-refractivity contribution in [2.24, 2.45) is 0 Å². The van der Waals surface area contributed by atoms with Crippen molar-refractivity contribution in [1.29, 1.82) is 5.26 Å². The molecule has 0 aliphatic carbocycles. The van der Waals surface area contributed by atoms with Crippen molar-refractivity contribution in [3.05, 3.63) is 9.46 Å². The molecule has 0 spiro atoms. The molecule has 1 rings (SSSR count). The van der Waals surface area contributed by atoms with Crippen LogP contribution in [0.1, 0.15) is 0 Å². The fraction of sp³-hybridized carbons (Fsp3) is 0.200. The number of hydrogen-bond donors (Lipinski definition) is 1. The molecule has 0 saturated carbocycles. The number of nitrogens with one attached hydrogen (secondary N) is 1. The van der Waals surface area contributed by atoms with Crippen LogP contribution in [0.2, 0.25) is 0 Å². The quantitative estimate of drug-likeness (QED) is 0.310. The number of carbonyl (C=O) groups is 1. The van der Waals surface area contributed by atoms with E-state index in [-0.39, 0.29) is 3.91 Å². The molecule has 54 valence electrons. The van der Waals surface area contributed by atoms with Gasteiger partial charge in [0.25, 0.3) is 0 Å². The van der Waals surface area contributed by atoms with E-state index in [1.165, 1.54) is 7.11 Å². The predicted molar refractivity (Wildman–Crippen MR) is 28.2 cm³/mol. The third kappa shape index (κ3) is 1.21. The van der Waals surface area contributed by atoms with E-state index in [1.807, 2.05) is 6.07 Å². The normalized spacial score (nSPS) is 17.4. The predicted octanol–water partition coefficient (Wildman–Crippen LogP) is -2.86. The van der Waals surface area contributed by atoms with Gasteiger partial charge in [-0.2, -0.15) is 0 Å². The third-order valence-corrected chi connectivity index (χ3v) is 2.92. The Morgan fingerprint density at radius 2 is 2.50 bits per heavy atom. The van der Waals surface area contributed by atoms with Gasteiger partial charge in [-0.1, -0.05) is 0 Å². The van der Waals surface area contributed by atoms with Gasteiger partial charge in [-0.3, -0.25) is 0 Å². The van der Waals surface area contributed by atoms with E-state index in [0.717, 1.165) is 0 Å². The van der Waals surface area contributed by atoms with Gasteiger partial charge in [-0.25, -0.2) is 0 Å². The minimum absolute atomic E-state index is 0.0767. The van der Waals surface area contributed by atoms with E-state index in [1.54, 1.807) is 0 Å². The Labute approximate surface area is 68.1 Å². The van der Waals surface area contributed by atoms with Crippen LogP contribution in [-0.4, -0.2) is 11.0 Å². The van der Waals surface area contributed by atoms with Crippen molar-refractivity contribution in [3.63, 3.8) is 0 Å². The average molecular weight is 251 g/mol.